The Kier molecular flexibility index (Phi) is 34.6. The summed E-state index contributed by atoms with van der Waals surface area (Å²) in [5.41, 5.74) is -0.0445. The van der Waals surface area contributed by atoms with Crippen molar-refractivity contribution in [3.05, 3.63) is 113 Å². The third-order valence-electron chi connectivity index (χ3n) is 3.06. The summed E-state index contributed by atoms with van der Waals surface area (Å²) in [4.78, 5) is 32.3. The molecule has 0 atom stereocenters. The monoisotopic (exact) mass is 1110 g/mol. The second-order valence-corrected chi connectivity index (χ2v) is 8.95. The zero-order chi connectivity index (χ0) is 24.3. The van der Waals surface area contributed by atoms with Crippen molar-refractivity contribution in [3.63, 3.8) is 0 Å². The molecule has 1 N–H and O–H groups in total. The van der Waals surface area contributed by atoms with E-state index >= 15 is 0 Å². The molecule has 0 spiro atoms. The molecule has 4 rings (SSSR count). The number of H-pyrrole nitrogens is 1. The van der Waals surface area contributed by atoms with Crippen LogP contribution in [0.25, 0.3) is 0 Å². The Morgan fingerprint density at radius 2 is 1.47 bits per heavy atom. The molecule has 8 nitrogen and oxygen atoms in total. The molecule has 1 aromatic carbocycles. The standard InChI is InChI=1S/C11H8INO.C5H4INO.C5H4IN.CH2O3.2Cs.Cu.H/c12-9-4-3-5-10(8-9)14-11-6-1-2-7-13-11;6-4-2-1-3-5(8)7-4;6-5-3-1-2-4-7-5;2-1-4-3;;;;/h1-8H;1-3H,(H,7,8);1-4H;1,3H;;;;/q;;;;2*+1;;-1/p-1. The molecule has 0 amide bonds. The van der Waals surface area contributed by atoms with Gasteiger partial charge < -0.3 is 21.3 Å². The van der Waals surface area contributed by atoms with Gasteiger partial charge in [-0.25, -0.2) is 4.98 Å². The Hall–Kier alpha value is 2.51. The van der Waals surface area contributed by atoms with Crippen LogP contribution in [0.3, 0.4) is 0 Å². The normalized spacial score (nSPS) is 8.11. The molecule has 36 heavy (non-hydrogen) atoms. The minimum absolute atomic E-state index is 0. The van der Waals surface area contributed by atoms with Crippen LogP contribution in [0.1, 0.15) is 1.43 Å². The van der Waals surface area contributed by atoms with Crippen molar-refractivity contribution in [1.82, 2.24) is 15.0 Å². The van der Waals surface area contributed by atoms with Gasteiger partial charge in [-0.15, -0.1) is 0 Å². The molecule has 3 heterocycles. The number of halogens is 3. The van der Waals surface area contributed by atoms with Crippen molar-refractivity contribution in [1.29, 1.82) is 0 Å². The second kappa shape index (κ2) is 29.0. The quantitative estimate of drug-likeness (QED) is 0.0678. The molecule has 0 bridgehead atoms. The number of benzene rings is 1. The number of nitrogens with one attached hydrogen (secondary N) is 1. The summed E-state index contributed by atoms with van der Waals surface area (Å²) in [5, 5.41) is 8.43. The summed E-state index contributed by atoms with van der Waals surface area (Å²) < 4.78 is 8.60. The molecule has 4 aromatic rings. The van der Waals surface area contributed by atoms with Crippen molar-refractivity contribution in [2.24, 2.45) is 0 Å². The van der Waals surface area contributed by atoms with Gasteiger partial charge in [0.15, 0.2) is 0 Å². The maximum atomic E-state index is 10.4. The maximum Gasteiger partial charge on any atom is 1.00 e. The third-order valence-corrected chi connectivity index (χ3v) is 5.00. The summed E-state index contributed by atoms with van der Waals surface area (Å²) in [6.45, 7) is -0.181. The van der Waals surface area contributed by atoms with Crippen molar-refractivity contribution in [2.75, 3.05) is 0 Å². The average Bonchev–Trinajstić information content (AvgIpc) is 2.81. The molecule has 0 aliphatic rings. The van der Waals surface area contributed by atoms with E-state index in [9.17, 15) is 4.79 Å². The number of hydrogen-bond donors (Lipinski definition) is 1. The van der Waals surface area contributed by atoms with Crippen LogP contribution >= 0.6 is 67.8 Å². The van der Waals surface area contributed by atoms with Gasteiger partial charge in [0.05, 0.1) is 3.70 Å². The Morgan fingerprint density at radius 1 is 0.861 bits per heavy atom. The first kappa shape index (κ1) is 43.0. The number of hydrogen-bond acceptors (Lipinski definition) is 7. The molecule has 14 heteroatoms. The first-order valence-electron chi connectivity index (χ1n) is 8.92. The molecule has 0 saturated heterocycles. The largest absolute Gasteiger partial charge is 1.00 e. The topological polar surface area (TPSA) is 117 Å². The predicted octanol–water partition coefficient (Wildman–Crippen LogP) is -1.30. The fourth-order valence-corrected chi connectivity index (χ4v) is 3.18. The molecular formula is C22H18Cs2CuI3N3O5. The molecule has 1 radical (unpaired) electrons. The van der Waals surface area contributed by atoms with Crippen LogP contribution in [-0.4, -0.2) is 21.4 Å². The Labute approximate surface area is 379 Å². The summed E-state index contributed by atoms with van der Waals surface area (Å²) in [6, 6.07) is 24.3. The number of nitrogens with zero attached hydrogens (tertiary/aromatic N) is 2. The molecule has 0 aliphatic carbocycles. The fraction of sp³-hybridized carbons (Fsp3) is 0. The molecule has 3 aromatic heterocycles. The van der Waals surface area contributed by atoms with Crippen molar-refractivity contribution in [3.8, 4) is 11.6 Å². The van der Waals surface area contributed by atoms with Gasteiger partial charge in [0.25, 0.3) is 6.47 Å². The molecule has 0 saturated carbocycles. The van der Waals surface area contributed by atoms with Crippen LogP contribution in [0.2, 0.25) is 0 Å². The first-order chi connectivity index (χ1) is 15.9. The number of ether oxygens (including phenoxy) is 1. The van der Waals surface area contributed by atoms with E-state index in [1.54, 1.807) is 18.5 Å². The number of carbonyl (C=O) groups excluding carboxylic acids is 1. The van der Waals surface area contributed by atoms with Crippen LogP contribution in [0.4, 0.5) is 0 Å². The van der Waals surface area contributed by atoms with E-state index in [1.807, 2.05) is 89.3 Å². The maximum absolute atomic E-state index is 10.4. The van der Waals surface area contributed by atoms with Crippen LogP contribution in [0.15, 0.2) is 96.1 Å². The van der Waals surface area contributed by atoms with Gasteiger partial charge in [0.2, 0.25) is 11.4 Å². The van der Waals surface area contributed by atoms with Gasteiger partial charge in [0.1, 0.15) is 9.45 Å². The molecule has 185 valence electrons. The third kappa shape index (κ3) is 24.3. The van der Waals surface area contributed by atoms with E-state index in [1.165, 1.54) is 6.07 Å². The summed E-state index contributed by atoms with van der Waals surface area (Å²) in [7, 11) is 0. The van der Waals surface area contributed by atoms with Crippen LogP contribution in [0.5, 0.6) is 11.6 Å². The van der Waals surface area contributed by atoms with Gasteiger partial charge in [-0.3, -0.25) is 14.6 Å². The number of aromatic amines is 1. The van der Waals surface area contributed by atoms with Crippen LogP contribution < -0.4 is 153 Å². The molecule has 0 fully saturated rings. The van der Waals surface area contributed by atoms with E-state index in [0.717, 1.165) is 16.7 Å². The van der Waals surface area contributed by atoms with Gasteiger partial charge in [-0.2, -0.15) is 0 Å². The zero-order valence-electron chi connectivity index (χ0n) is 20.1. The summed E-state index contributed by atoms with van der Waals surface area (Å²) in [6.07, 6.45) is 3.49. The van der Waals surface area contributed by atoms with Crippen LogP contribution in [-0.2, 0) is 26.8 Å². The second-order valence-electron chi connectivity index (χ2n) is 5.44. The van der Waals surface area contributed by atoms with Gasteiger partial charge >= 0.3 is 138 Å². The van der Waals surface area contributed by atoms with Crippen LogP contribution in [0, 0.1) is 11.0 Å². The van der Waals surface area contributed by atoms with Gasteiger partial charge in [0, 0.05) is 45.2 Å². The smallest absolute Gasteiger partial charge is 1.00 e. The number of carbonyl (C=O) groups is 1. The van der Waals surface area contributed by atoms with Gasteiger partial charge in [-0.05, 0) is 110 Å². The minimum atomic E-state index is -0.181. The average molecular weight is 1110 g/mol. The van der Waals surface area contributed by atoms with E-state index in [0.29, 0.717) is 5.88 Å². The molecule has 0 unspecified atom stereocenters. The SMILES string of the molecule is Ic1cccc(Oc2ccccn2)c1.Ic1ccccn1.O=CO[O-].O=c1cccc(I)[nH]1.[Cs+].[Cs+].[Cu].[H-]. The predicted molar refractivity (Wildman–Crippen MR) is 148 cm³/mol. The van der Waals surface area contributed by atoms with E-state index in [2.05, 4.69) is 65.0 Å². The Morgan fingerprint density at radius 3 is 1.86 bits per heavy atom. The van der Waals surface area contributed by atoms with Crippen molar-refractivity contribution >= 4 is 74.2 Å². The van der Waals surface area contributed by atoms with Gasteiger partial charge in [-0.1, -0.05) is 24.3 Å². The summed E-state index contributed by atoms with van der Waals surface area (Å²) >= 11 is 6.47. The Balaban J connectivity index is -0.000000207. The van der Waals surface area contributed by atoms with E-state index in [-0.39, 0.29) is 168 Å². The Bertz CT molecular complexity index is 1140. The molecular weight excluding hydrogens is 1100 g/mol. The number of rotatable bonds is 3. The fourth-order valence-electron chi connectivity index (χ4n) is 1.82. The van der Waals surface area contributed by atoms with E-state index in [4.69, 9.17) is 14.8 Å². The minimum Gasteiger partial charge on any atom is -1.00 e. The summed E-state index contributed by atoms with van der Waals surface area (Å²) in [5.74, 6) is 1.44. The van der Waals surface area contributed by atoms with Crippen molar-refractivity contribution in [2.45, 2.75) is 0 Å². The molecule has 0 aliphatic heterocycles. The zero-order valence-corrected chi connectivity index (χ0v) is 39.1. The van der Waals surface area contributed by atoms with Crippen molar-refractivity contribution < 1.29 is 176 Å². The number of pyridine rings is 3. The van der Waals surface area contributed by atoms with E-state index < -0.39 is 0 Å². The first-order valence-corrected chi connectivity index (χ1v) is 12.2. The number of aromatic nitrogens is 3.